The van der Waals surface area contributed by atoms with Gasteiger partial charge in [0.15, 0.2) is 0 Å². The number of nitrogens with one attached hydrogen (secondary N) is 9. The smallest absolute Gasteiger partial charge is 0.305 e. The largest absolute Gasteiger partial charge is 0.481 e. The van der Waals surface area contributed by atoms with Crippen LogP contribution in [0, 0.1) is 17.8 Å². The number of thioether (sulfide) groups is 1. The van der Waals surface area contributed by atoms with Gasteiger partial charge in [0.05, 0.1) is 31.9 Å². The van der Waals surface area contributed by atoms with Crippen LogP contribution in [0.5, 0.6) is 0 Å². The topological polar surface area (TPSA) is 472 Å². The van der Waals surface area contributed by atoms with Gasteiger partial charge in [-0.3, -0.25) is 52.7 Å². The third kappa shape index (κ3) is 26.8. The maximum absolute atomic E-state index is 14.2. The summed E-state index contributed by atoms with van der Waals surface area (Å²) in [5.74, 6) is -11.2. The van der Waals surface area contributed by atoms with E-state index in [4.69, 9.17) is 17.2 Å². The van der Waals surface area contributed by atoms with Crippen LogP contribution in [0.1, 0.15) is 118 Å². The SMILES string of the molecule is CCC(C)[C@H](NC(=O)[C@H](CCSC)NC(=O)[C@H](Cc1cnc[nH]1)NC(=O)[C@@H](N)CO)C(=O)N[C@@H](CC(C)C)C[C@H](O)CC(=O)N[C@H](C(=O)N[C@@H](CCC(=O)O)C(=O)N[C@@H](CCCCN)C(=O)N[C@@H](CC(=O)O)C(N)=O)C(C)C. The summed E-state index contributed by atoms with van der Waals surface area (Å²) in [5.41, 5.74) is 17.0. The number of amides is 9. The van der Waals surface area contributed by atoms with E-state index >= 15 is 0 Å². The summed E-state index contributed by atoms with van der Waals surface area (Å²) in [6, 6.07) is -11.6. The molecule has 1 rings (SSSR count). The maximum atomic E-state index is 14.2. The van der Waals surface area contributed by atoms with Gasteiger partial charge in [-0.25, -0.2) is 4.98 Å². The fourth-order valence-corrected chi connectivity index (χ4v) is 8.36. The van der Waals surface area contributed by atoms with Gasteiger partial charge in [0.2, 0.25) is 53.2 Å². The lowest BCUT2D eigenvalue weighted by atomic mass is 9.94. The van der Waals surface area contributed by atoms with Crippen molar-refractivity contribution in [3.63, 3.8) is 0 Å². The van der Waals surface area contributed by atoms with E-state index in [1.807, 2.05) is 20.8 Å². The summed E-state index contributed by atoms with van der Waals surface area (Å²) < 4.78 is 0. The van der Waals surface area contributed by atoms with E-state index in [-0.39, 0.29) is 44.6 Å². The Hall–Kier alpha value is -6.43. The number of rotatable bonds is 40. The summed E-state index contributed by atoms with van der Waals surface area (Å²) in [5, 5.41) is 59.9. The molecule has 19 N–H and O–H groups in total. The third-order valence-electron chi connectivity index (χ3n) is 12.4. The Morgan fingerprint density at radius 2 is 1.22 bits per heavy atom. The molecule has 9 amide bonds. The van der Waals surface area contributed by atoms with Gasteiger partial charge in [0.25, 0.3) is 0 Å². The van der Waals surface area contributed by atoms with Crippen molar-refractivity contribution in [2.24, 2.45) is 35.0 Å². The number of nitrogens with two attached hydrogens (primary N) is 3. The molecule has 28 nitrogen and oxygen atoms in total. The molecular weight excluding hydrogens is 1040 g/mol. The van der Waals surface area contributed by atoms with E-state index in [1.54, 1.807) is 27.0 Å². The van der Waals surface area contributed by atoms with E-state index in [0.29, 0.717) is 30.7 Å². The molecule has 0 spiro atoms. The summed E-state index contributed by atoms with van der Waals surface area (Å²) in [6.07, 6.45) is 2.03. The minimum absolute atomic E-state index is 0.0406. The number of imidazole rings is 1. The highest BCUT2D eigenvalue weighted by molar-refractivity contribution is 7.98. The number of unbranched alkanes of at least 4 members (excludes halogenated alkanes) is 1. The van der Waals surface area contributed by atoms with Crippen LogP contribution in [0.25, 0.3) is 0 Å². The zero-order valence-electron chi connectivity index (χ0n) is 45.6. The van der Waals surface area contributed by atoms with Crippen LogP contribution in [0.2, 0.25) is 0 Å². The van der Waals surface area contributed by atoms with Gasteiger partial charge in [-0.2, -0.15) is 11.8 Å². The Kier molecular flexibility index (Phi) is 32.7. The number of primary amides is 1. The molecule has 1 heterocycles. The fraction of sp³-hybridized carbons (Fsp3) is 0.714. The first kappa shape index (κ1) is 69.6. The Labute approximate surface area is 458 Å². The maximum Gasteiger partial charge on any atom is 0.305 e. The fourth-order valence-electron chi connectivity index (χ4n) is 7.89. The number of hydrogen-bond acceptors (Lipinski definition) is 17. The monoisotopic (exact) mass is 1130 g/mol. The molecule has 0 aromatic carbocycles. The third-order valence-corrected chi connectivity index (χ3v) is 13.1. The molecule has 0 bridgehead atoms. The molecule has 0 saturated carbocycles. The summed E-state index contributed by atoms with van der Waals surface area (Å²) >= 11 is 1.40. The minimum atomic E-state index is -1.64. The predicted octanol–water partition coefficient (Wildman–Crippen LogP) is -3.25. The second kappa shape index (κ2) is 36.6. The number of carbonyl (C=O) groups is 11. The molecule has 0 fully saturated rings. The lowest BCUT2D eigenvalue weighted by molar-refractivity contribution is -0.141. The molecule has 1 aromatic rings. The van der Waals surface area contributed by atoms with Crippen molar-refractivity contribution in [2.45, 2.75) is 179 Å². The van der Waals surface area contributed by atoms with Gasteiger partial charge < -0.3 is 85.1 Å². The Morgan fingerprint density at radius 3 is 1.73 bits per heavy atom. The summed E-state index contributed by atoms with van der Waals surface area (Å²) in [4.78, 5) is 151. The highest BCUT2D eigenvalue weighted by atomic mass is 32.2. The van der Waals surface area contributed by atoms with Gasteiger partial charge in [-0.15, -0.1) is 0 Å². The summed E-state index contributed by atoms with van der Waals surface area (Å²) in [6.45, 7) is 9.99. The van der Waals surface area contributed by atoms with Crippen molar-refractivity contribution in [3.05, 3.63) is 18.2 Å². The number of hydrogen-bond donors (Lipinski definition) is 16. The lowest BCUT2D eigenvalue weighted by Gasteiger charge is -2.30. The second-order valence-electron chi connectivity index (χ2n) is 20.0. The van der Waals surface area contributed by atoms with Crippen molar-refractivity contribution in [3.8, 4) is 0 Å². The van der Waals surface area contributed by atoms with Crippen molar-refractivity contribution in [1.29, 1.82) is 0 Å². The number of aliphatic hydroxyl groups is 2. The summed E-state index contributed by atoms with van der Waals surface area (Å²) in [7, 11) is 0. The number of H-pyrrole nitrogens is 1. The van der Waals surface area contributed by atoms with Crippen LogP contribution in [0.3, 0.4) is 0 Å². The molecular formula is C49H85N13O15S. The Bertz CT molecular complexity index is 2120. The first-order valence-electron chi connectivity index (χ1n) is 26.0. The van der Waals surface area contributed by atoms with Crippen LogP contribution >= 0.6 is 11.8 Å². The molecule has 11 atom stereocenters. The first-order chi connectivity index (χ1) is 36.7. The average molecular weight is 1130 g/mol. The van der Waals surface area contributed by atoms with Gasteiger partial charge in [-0.05, 0) is 81.3 Å². The van der Waals surface area contributed by atoms with Gasteiger partial charge in [0.1, 0.15) is 48.3 Å². The zero-order chi connectivity index (χ0) is 59.2. The highest BCUT2D eigenvalue weighted by Gasteiger charge is 2.36. The van der Waals surface area contributed by atoms with E-state index in [0.717, 1.165) is 0 Å². The van der Waals surface area contributed by atoms with Gasteiger partial charge >= 0.3 is 11.9 Å². The highest BCUT2D eigenvalue weighted by Crippen LogP contribution is 2.17. The molecule has 1 aromatic heterocycles. The number of carboxylic acid groups (broad SMARTS) is 2. The number of aromatic nitrogens is 2. The first-order valence-corrected chi connectivity index (χ1v) is 27.4. The molecule has 0 aliphatic carbocycles. The van der Waals surface area contributed by atoms with Crippen molar-refractivity contribution >= 4 is 76.9 Å². The van der Waals surface area contributed by atoms with E-state index in [9.17, 15) is 73.2 Å². The van der Waals surface area contributed by atoms with Crippen molar-refractivity contribution in [2.75, 3.05) is 25.2 Å². The molecule has 78 heavy (non-hydrogen) atoms. The number of aliphatic carboxylic acids is 2. The molecule has 442 valence electrons. The van der Waals surface area contributed by atoms with Crippen LogP contribution in [-0.2, 0) is 59.2 Å². The number of aromatic amines is 1. The molecule has 29 heteroatoms. The molecule has 0 aliphatic rings. The van der Waals surface area contributed by atoms with Crippen LogP contribution < -0.4 is 59.7 Å². The van der Waals surface area contributed by atoms with Gasteiger partial charge in [0, 0.05) is 30.8 Å². The minimum Gasteiger partial charge on any atom is -0.481 e. The standard InChI is InChI=1S/C49H85N13O15S/c1-8-27(6)41(62-46(74)34(14-16-78-7)57-47(75)36(19-29-22-53-24-54-29)60-43(71)31(51)23-63)49(77)55-28(17-25(2)3)18-30(64)20-37(65)61-40(26(4)5)48(76)58-33(12-13-38(66)67)45(73)56-32(11-9-10-15-50)44(72)59-35(42(52)70)21-39(68)69/h22,24-28,30-36,40-41,63-64H,8-21,23,50-51H2,1-7H3,(H2,52,70)(H,53,54)(H,55,77)(H,56,73)(H,57,75)(H,58,76)(H,59,72)(H,60,71)(H,61,65)(H,62,74)(H,66,67)(H,68,69)/t27?,28-,30-,31-,32-,33-,34-,35-,36-,40-,41-/m0/s1. The number of aliphatic hydroxyl groups excluding tert-OH is 2. The van der Waals surface area contributed by atoms with E-state index < -0.39 is 170 Å². The quantitative estimate of drug-likeness (QED) is 0.0287. The number of nitrogens with zero attached hydrogens (tertiary/aromatic N) is 1. The van der Waals surface area contributed by atoms with Gasteiger partial charge in [-0.1, -0.05) is 48.0 Å². The second-order valence-corrected chi connectivity index (χ2v) is 20.9. The van der Waals surface area contributed by atoms with Crippen LogP contribution in [-0.4, -0.2) is 181 Å². The molecule has 0 saturated heterocycles. The molecule has 0 radical (unpaired) electrons. The van der Waals surface area contributed by atoms with Crippen molar-refractivity contribution < 1.29 is 73.2 Å². The number of carbonyl (C=O) groups excluding carboxylic acids is 9. The van der Waals surface area contributed by atoms with Crippen LogP contribution in [0.4, 0.5) is 0 Å². The lowest BCUT2D eigenvalue weighted by Crippen LogP contribution is -2.60. The van der Waals surface area contributed by atoms with Crippen LogP contribution in [0.15, 0.2) is 12.5 Å². The normalized spacial score (nSPS) is 15.6. The molecule has 0 aliphatic heterocycles. The van der Waals surface area contributed by atoms with E-state index in [1.165, 1.54) is 24.3 Å². The van der Waals surface area contributed by atoms with E-state index in [2.05, 4.69) is 52.5 Å². The zero-order valence-corrected chi connectivity index (χ0v) is 46.5. The Morgan fingerprint density at radius 1 is 0.667 bits per heavy atom. The predicted molar refractivity (Wildman–Crippen MR) is 286 cm³/mol. The van der Waals surface area contributed by atoms with Crippen molar-refractivity contribution in [1.82, 2.24) is 52.5 Å². The molecule has 1 unspecified atom stereocenters. The Balaban J connectivity index is 3.29. The average Bonchev–Trinajstić information content (AvgIpc) is 3.88. The number of carboxylic acids is 2.